The van der Waals surface area contributed by atoms with Crippen molar-refractivity contribution in [2.24, 2.45) is 0 Å². The smallest absolute Gasteiger partial charge is 0.260 e. The molecule has 4 rings (SSSR count). The highest BCUT2D eigenvalue weighted by atomic mass is 35.5. The van der Waals surface area contributed by atoms with Gasteiger partial charge in [-0.1, -0.05) is 53.7 Å². The van der Waals surface area contributed by atoms with Gasteiger partial charge in [0.05, 0.1) is 16.3 Å². The van der Waals surface area contributed by atoms with Crippen LogP contribution in [0.25, 0.3) is 20.7 Å². The number of H-pyrrole nitrogens is 1. The van der Waals surface area contributed by atoms with Crippen molar-refractivity contribution in [1.29, 1.82) is 0 Å². The van der Waals surface area contributed by atoms with E-state index in [4.69, 9.17) is 11.6 Å². The topological polar surface area (TPSA) is 95.1 Å². The monoisotopic (exact) mass is 457 g/mol. The highest BCUT2D eigenvalue weighted by Crippen LogP contribution is 2.32. The lowest BCUT2D eigenvalue weighted by Crippen LogP contribution is -2.23. The van der Waals surface area contributed by atoms with Crippen LogP contribution in [0.5, 0.6) is 5.75 Å². The Morgan fingerprint density at radius 1 is 1.23 bits per heavy atom. The summed E-state index contributed by atoms with van der Waals surface area (Å²) in [6.07, 6.45) is 0. The number of halogens is 1. The van der Waals surface area contributed by atoms with Gasteiger partial charge in [0.2, 0.25) is 5.91 Å². The summed E-state index contributed by atoms with van der Waals surface area (Å²) in [5.74, 6) is -0.429. The molecule has 3 N–H and O–H groups in total. The summed E-state index contributed by atoms with van der Waals surface area (Å²) in [7, 11) is 0. The molecular weight excluding hydrogens is 442 g/mol. The molecule has 0 aliphatic rings. The molecule has 4 aromatic rings. The van der Waals surface area contributed by atoms with Crippen molar-refractivity contribution in [3.63, 3.8) is 0 Å². The predicted octanol–water partition coefficient (Wildman–Crippen LogP) is 5.13. The van der Waals surface area contributed by atoms with Crippen molar-refractivity contribution in [2.45, 2.75) is 17.3 Å². The first-order valence-corrected chi connectivity index (χ1v) is 11.0. The number of nitrogens with one attached hydrogen (secondary N) is 2. The zero-order valence-corrected chi connectivity index (χ0v) is 18.1. The van der Waals surface area contributed by atoms with Crippen molar-refractivity contribution in [3.05, 3.63) is 70.0 Å². The third-order valence-electron chi connectivity index (χ3n) is 4.31. The van der Waals surface area contributed by atoms with Gasteiger partial charge in [-0.2, -0.15) is 0 Å². The number of carbonyl (C=O) groups excluding carboxylic acids is 1. The Hall–Kier alpha value is -2.81. The fourth-order valence-electron chi connectivity index (χ4n) is 2.78. The molecule has 0 radical (unpaired) electrons. The van der Waals surface area contributed by atoms with Gasteiger partial charge in [-0.15, -0.1) is 11.3 Å². The Morgan fingerprint density at radius 2 is 2.00 bits per heavy atom. The lowest BCUT2D eigenvalue weighted by Gasteiger charge is -2.12. The predicted molar refractivity (Wildman–Crippen MR) is 123 cm³/mol. The molecule has 1 atom stereocenters. The zero-order chi connectivity index (χ0) is 21.3. The van der Waals surface area contributed by atoms with Gasteiger partial charge in [-0.05, 0) is 36.8 Å². The number of benzene rings is 2. The van der Waals surface area contributed by atoms with Crippen LogP contribution in [-0.4, -0.2) is 26.2 Å². The van der Waals surface area contributed by atoms with Gasteiger partial charge >= 0.3 is 0 Å². The SMILES string of the molecule is CC(Sc1nc2sc(-c3ccccc3)cc2c(=O)[nH]1)C(=O)Nc1cc(Cl)ccc1O. The molecule has 0 spiro atoms. The van der Waals surface area contributed by atoms with Crippen LogP contribution in [-0.2, 0) is 4.79 Å². The number of phenolic OH excluding ortho intramolecular Hbond substituents is 1. The van der Waals surface area contributed by atoms with E-state index >= 15 is 0 Å². The molecule has 0 bridgehead atoms. The number of amides is 1. The number of hydrogen-bond donors (Lipinski definition) is 3. The Bertz CT molecular complexity index is 1290. The second-order valence-corrected chi connectivity index (χ2v) is 9.27. The average molecular weight is 458 g/mol. The number of rotatable bonds is 5. The van der Waals surface area contributed by atoms with Crippen molar-refractivity contribution in [1.82, 2.24) is 9.97 Å². The Kier molecular flexibility index (Phi) is 5.80. The standard InChI is InChI=1S/C21H16ClN3O3S2/c1-11(18(27)23-15-9-13(22)7-8-16(15)26)29-21-24-19(28)14-10-17(30-20(14)25-21)12-5-3-2-4-6-12/h2-11,26H,1H3,(H,23,27)(H,24,25,28). The number of thiophene rings is 1. The Morgan fingerprint density at radius 3 is 2.77 bits per heavy atom. The zero-order valence-electron chi connectivity index (χ0n) is 15.7. The fourth-order valence-corrected chi connectivity index (χ4v) is 4.84. The van der Waals surface area contributed by atoms with E-state index in [1.54, 1.807) is 6.92 Å². The number of aromatic amines is 1. The van der Waals surface area contributed by atoms with E-state index in [0.29, 0.717) is 20.4 Å². The van der Waals surface area contributed by atoms with E-state index in [-0.39, 0.29) is 22.9 Å². The molecular formula is C21H16ClN3O3S2. The maximum Gasteiger partial charge on any atom is 0.260 e. The van der Waals surface area contributed by atoms with E-state index in [1.807, 2.05) is 36.4 Å². The lowest BCUT2D eigenvalue weighted by molar-refractivity contribution is -0.115. The highest BCUT2D eigenvalue weighted by molar-refractivity contribution is 8.00. The minimum atomic E-state index is -0.572. The lowest BCUT2D eigenvalue weighted by atomic mass is 10.2. The van der Waals surface area contributed by atoms with Crippen LogP contribution in [0.4, 0.5) is 5.69 Å². The van der Waals surface area contributed by atoms with E-state index in [9.17, 15) is 14.7 Å². The van der Waals surface area contributed by atoms with E-state index in [1.165, 1.54) is 29.5 Å². The molecule has 0 aliphatic carbocycles. The summed E-state index contributed by atoms with van der Waals surface area (Å²) < 4.78 is 0. The number of carbonyl (C=O) groups is 1. The molecule has 2 heterocycles. The average Bonchev–Trinajstić information content (AvgIpc) is 3.16. The van der Waals surface area contributed by atoms with E-state index in [0.717, 1.165) is 22.2 Å². The maximum atomic E-state index is 12.5. The number of anilines is 1. The maximum absolute atomic E-state index is 12.5. The first-order valence-electron chi connectivity index (χ1n) is 8.96. The van der Waals surface area contributed by atoms with Crippen molar-refractivity contribution >= 4 is 56.5 Å². The van der Waals surface area contributed by atoms with Gasteiger partial charge in [0.15, 0.2) is 5.16 Å². The molecule has 0 aliphatic heterocycles. The van der Waals surface area contributed by atoms with Gasteiger partial charge < -0.3 is 15.4 Å². The minimum absolute atomic E-state index is 0.0788. The number of phenols is 1. The molecule has 1 amide bonds. The number of thioether (sulfide) groups is 1. The number of nitrogens with zero attached hydrogens (tertiary/aromatic N) is 1. The van der Waals surface area contributed by atoms with Gasteiger partial charge in [0, 0.05) is 9.90 Å². The van der Waals surface area contributed by atoms with Crippen molar-refractivity contribution < 1.29 is 9.90 Å². The quantitative estimate of drug-likeness (QED) is 0.219. The summed E-state index contributed by atoms with van der Waals surface area (Å²) in [5.41, 5.74) is 0.992. The Balaban J connectivity index is 1.55. The molecule has 0 saturated carbocycles. The minimum Gasteiger partial charge on any atom is -0.506 e. The number of hydrogen-bond acceptors (Lipinski definition) is 6. The van der Waals surface area contributed by atoms with Crippen LogP contribution in [0.1, 0.15) is 6.92 Å². The largest absolute Gasteiger partial charge is 0.506 e. The molecule has 0 fully saturated rings. The summed E-state index contributed by atoms with van der Waals surface area (Å²) in [4.78, 5) is 33.9. The van der Waals surface area contributed by atoms with Gasteiger partial charge in [-0.3, -0.25) is 9.59 Å². The van der Waals surface area contributed by atoms with E-state index in [2.05, 4.69) is 15.3 Å². The van der Waals surface area contributed by atoms with Crippen LogP contribution >= 0.6 is 34.7 Å². The summed E-state index contributed by atoms with van der Waals surface area (Å²) in [6, 6.07) is 16.0. The molecule has 0 saturated heterocycles. The fraction of sp³-hybridized carbons (Fsp3) is 0.0952. The van der Waals surface area contributed by atoms with Crippen molar-refractivity contribution in [3.8, 4) is 16.2 Å². The third kappa shape index (κ3) is 4.35. The molecule has 2 aromatic carbocycles. The first kappa shape index (κ1) is 20.5. The molecule has 152 valence electrons. The molecule has 1 unspecified atom stereocenters. The van der Waals surface area contributed by atoms with Crippen LogP contribution in [0.2, 0.25) is 5.02 Å². The van der Waals surface area contributed by atoms with Crippen molar-refractivity contribution in [2.75, 3.05) is 5.32 Å². The van der Waals surface area contributed by atoms with Crippen LogP contribution in [0.3, 0.4) is 0 Å². The second-order valence-electron chi connectivity index (χ2n) is 6.48. The first-order chi connectivity index (χ1) is 14.4. The number of fused-ring (bicyclic) bond motifs is 1. The number of aromatic hydroxyl groups is 1. The second kappa shape index (κ2) is 8.51. The third-order valence-corrected chi connectivity index (χ3v) is 6.61. The number of aromatic nitrogens is 2. The van der Waals surface area contributed by atoms with Gasteiger partial charge in [0.25, 0.3) is 5.56 Å². The molecule has 2 aromatic heterocycles. The normalized spacial score (nSPS) is 12.1. The Labute approximate surface area is 184 Å². The van der Waals surface area contributed by atoms with Crippen LogP contribution in [0.15, 0.2) is 64.5 Å². The summed E-state index contributed by atoms with van der Waals surface area (Å²) in [6.45, 7) is 1.69. The summed E-state index contributed by atoms with van der Waals surface area (Å²) >= 11 is 8.47. The van der Waals surface area contributed by atoms with Crippen LogP contribution < -0.4 is 10.9 Å². The molecule has 9 heteroatoms. The molecule has 30 heavy (non-hydrogen) atoms. The van der Waals surface area contributed by atoms with Gasteiger partial charge in [-0.25, -0.2) is 4.98 Å². The highest BCUT2D eigenvalue weighted by Gasteiger charge is 2.19. The van der Waals surface area contributed by atoms with E-state index < -0.39 is 5.25 Å². The van der Waals surface area contributed by atoms with Crippen LogP contribution in [0, 0.1) is 0 Å². The summed E-state index contributed by atoms with van der Waals surface area (Å²) in [5, 5.41) is 13.2. The van der Waals surface area contributed by atoms with Gasteiger partial charge in [0.1, 0.15) is 10.6 Å². The molecule has 6 nitrogen and oxygen atoms in total.